The standard InChI is InChI=1S/C28H27NO7/c1-13(30)19-25(33)23(29(2)3)17-12-16-20(14-8-5-4-6-9-14)15-10-7-11-18(31)21(15)24(32)22(16)27(35)28(17,36)26(19)34/h4-11,16-17,20,23,31,33,35-36H,12H2,1-3H3/t16-,17+,20+,23+,28-/m1/s1. The molecule has 3 aliphatic carbocycles. The van der Waals surface area contributed by atoms with E-state index in [0.29, 0.717) is 5.56 Å². The van der Waals surface area contributed by atoms with Gasteiger partial charge in [0.2, 0.25) is 5.78 Å². The molecule has 0 spiro atoms. The van der Waals surface area contributed by atoms with Gasteiger partial charge in [0.25, 0.3) is 0 Å². The molecule has 5 atom stereocenters. The number of hydrogen-bond donors (Lipinski definition) is 4. The summed E-state index contributed by atoms with van der Waals surface area (Å²) in [6.07, 6.45) is 0.0557. The van der Waals surface area contributed by atoms with E-state index in [0.717, 1.165) is 12.5 Å². The second-order valence-corrected chi connectivity index (χ2v) is 9.99. The Kier molecular flexibility index (Phi) is 5.42. The number of aromatic hydroxyl groups is 1. The molecule has 5 rings (SSSR count). The minimum atomic E-state index is -2.59. The third kappa shape index (κ3) is 3.04. The molecule has 36 heavy (non-hydrogen) atoms. The number of nitrogens with zero attached hydrogens (tertiary/aromatic N) is 1. The van der Waals surface area contributed by atoms with Gasteiger partial charge in [0.15, 0.2) is 17.2 Å². The van der Waals surface area contributed by atoms with E-state index in [2.05, 4.69) is 0 Å². The Morgan fingerprint density at radius 3 is 2.28 bits per heavy atom. The topological polar surface area (TPSA) is 135 Å². The molecule has 0 bridgehead atoms. The van der Waals surface area contributed by atoms with Crippen LogP contribution < -0.4 is 0 Å². The molecule has 8 nitrogen and oxygen atoms in total. The first-order valence-corrected chi connectivity index (χ1v) is 11.7. The van der Waals surface area contributed by atoms with Gasteiger partial charge in [-0.2, -0.15) is 0 Å². The molecule has 2 aromatic rings. The Hall–Kier alpha value is -3.75. The van der Waals surface area contributed by atoms with Gasteiger partial charge in [0, 0.05) is 23.3 Å². The first-order valence-electron chi connectivity index (χ1n) is 11.7. The Morgan fingerprint density at radius 2 is 1.67 bits per heavy atom. The zero-order valence-electron chi connectivity index (χ0n) is 20.1. The van der Waals surface area contributed by atoms with E-state index in [1.165, 1.54) is 6.07 Å². The van der Waals surface area contributed by atoms with Crippen LogP contribution >= 0.6 is 0 Å². The van der Waals surface area contributed by atoms with Gasteiger partial charge >= 0.3 is 0 Å². The van der Waals surface area contributed by atoms with E-state index in [-0.39, 0.29) is 23.3 Å². The second kappa shape index (κ2) is 8.15. The molecule has 2 aromatic carbocycles. The largest absolute Gasteiger partial charge is 0.510 e. The molecule has 0 aliphatic heterocycles. The fourth-order valence-electron chi connectivity index (χ4n) is 6.41. The molecule has 0 heterocycles. The van der Waals surface area contributed by atoms with Crippen molar-refractivity contribution >= 4 is 17.3 Å². The number of aliphatic hydroxyl groups is 3. The van der Waals surface area contributed by atoms with Crippen LogP contribution in [-0.2, 0) is 9.59 Å². The molecule has 0 saturated carbocycles. The molecule has 0 amide bonds. The SMILES string of the molecule is CC(=O)C1=C(O)[C@@H](N(C)C)[C@@H]2C[C@H]3C(=C(O)[C@]2(O)C1=O)C(=O)c1c(O)cccc1[C@@H]3c1ccccc1. The van der Waals surface area contributed by atoms with Crippen molar-refractivity contribution in [3.8, 4) is 5.75 Å². The van der Waals surface area contributed by atoms with E-state index in [4.69, 9.17) is 0 Å². The zero-order valence-corrected chi connectivity index (χ0v) is 20.1. The minimum absolute atomic E-state index is 0.00352. The van der Waals surface area contributed by atoms with E-state index >= 15 is 0 Å². The zero-order chi connectivity index (χ0) is 26.1. The number of carbonyl (C=O) groups excluding carboxylic acids is 3. The highest BCUT2D eigenvalue weighted by atomic mass is 16.3. The number of rotatable bonds is 3. The number of ketones is 3. The van der Waals surface area contributed by atoms with Gasteiger partial charge in [-0.15, -0.1) is 0 Å². The number of phenols is 1. The molecule has 8 heteroatoms. The van der Waals surface area contributed by atoms with Gasteiger partial charge in [-0.05, 0) is 44.6 Å². The molecule has 3 aliphatic rings. The highest BCUT2D eigenvalue weighted by Gasteiger charge is 2.64. The van der Waals surface area contributed by atoms with Gasteiger partial charge < -0.3 is 20.4 Å². The van der Waals surface area contributed by atoms with Crippen LogP contribution in [0.1, 0.15) is 40.7 Å². The number of fused-ring (bicyclic) bond motifs is 3. The van der Waals surface area contributed by atoms with Crippen LogP contribution in [0, 0.1) is 11.8 Å². The quantitative estimate of drug-likeness (QED) is 0.484. The lowest BCUT2D eigenvalue weighted by atomic mass is 9.55. The first-order chi connectivity index (χ1) is 17.0. The molecular formula is C28H27NO7. The van der Waals surface area contributed by atoms with Crippen molar-refractivity contribution in [2.45, 2.75) is 30.9 Å². The summed E-state index contributed by atoms with van der Waals surface area (Å²) < 4.78 is 0. The Morgan fingerprint density at radius 1 is 1.00 bits per heavy atom. The first kappa shape index (κ1) is 24.0. The molecule has 0 saturated heterocycles. The molecule has 4 N–H and O–H groups in total. The summed E-state index contributed by atoms with van der Waals surface area (Å²) in [6.45, 7) is 1.10. The summed E-state index contributed by atoms with van der Waals surface area (Å²) in [4.78, 5) is 41.2. The summed E-state index contributed by atoms with van der Waals surface area (Å²) in [5.41, 5.74) is -1.94. The van der Waals surface area contributed by atoms with Crippen molar-refractivity contribution in [3.05, 3.63) is 87.9 Å². The summed E-state index contributed by atoms with van der Waals surface area (Å²) in [6, 6.07) is 13.1. The average Bonchev–Trinajstić information content (AvgIpc) is 2.81. The normalized spacial score (nSPS) is 29.7. The van der Waals surface area contributed by atoms with Crippen LogP contribution in [0.25, 0.3) is 0 Å². The van der Waals surface area contributed by atoms with Crippen LogP contribution in [-0.4, -0.2) is 68.4 Å². The molecule has 0 unspecified atom stereocenters. The predicted octanol–water partition coefficient (Wildman–Crippen LogP) is 2.81. The lowest BCUT2D eigenvalue weighted by molar-refractivity contribution is -0.148. The maximum atomic E-state index is 13.7. The fraction of sp³-hybridized carbons (Fsp3) is 0.321. The molecule has 0 radical (unpaired) electrons. The molecule has 0 aromatic heterocycles. The summed E-state index contributed by atoms with van der Waals surface area (Å²) in [7, 11) is 3.28. The minimum Gasteiger partial charge on any atom is -0.510 e. The third-order valence-corrected chi connectivity index (χ3v) is 7.87. The number of phenolic OH excluding ortho intramolecular Hbond substituents is 1. The number of Topliss-reactive ketones (excluding diaryl/α,β-unsaturated/α-hetero) is 3. The fourth-order valence-corrected chi connectivity index (χ4v) is 6.41. The van der Waals surface area contributed by atoms with Gasteiger partial charge in [0.1, 0.15) is 22.8 Å². The highest BCUT2D eigenvalue weighted by molar-refractivity contribution is 6.25. The number of hydrogen-bond acceptors (Lipinski definition) is 8. The molecule has 186 valence electrons. The van der Waals surface area contributed by atoms with Crippen LogP contribution in [0.5, 0.6) is 5.75 Å². The van der Waals surface area contributed by atoms with Gasteiger partial charge in [-0.25, -0.2) is 0 Å². The average molecular weight is 490 g/mol. The maximum absolute atomic E-state index is 13.7. The Balaban J connectivity index is 1.82. The number of benzene rings is 2. The lowest BCUT2D eigenvalue weighted by Crippen LogP contribution is -2.63. The van der Waals surface area contributed by atoms with Crippen molar-refractivity contribution < 1.29 is 34.8 Å². The monoisotopic (exact) mass is 489 g/mol. The maximum Gasteiger partial charge on any atom is 0.209 e. The van der Waals surface area contributed by atoms with E-state index in [1.54, 1.807) is 31.1 Å². The Labute approximate surface area is 207 Å². The van der Waals surface area contributed by atoms with E-state index in [9.17, 15) is 34.8 Å². The number of allylic oxidation sites excluding steroid dienone is 1. The summed E-state index contributed by atoms with van der Waals surface area (Å²) in [5, 5.41) is 45.0. The van der Waals surface area contributed by atoms with Gasteiger partial charge in [0.05, 0.1) is 11.6 Å². The van der Waals surface area contributed by atoms with E-state index in [1.807, 2.05) is 30.3 Å². The third-order valence-electron chi connectivity index (χ3n) is 7.87. The number of aliphatic hydroxyl groups excluding tert-OH is 2. The van der Waals surface area contributed by atoms with Crippen LogP contribution in [0.15, 0.2) is 71.2 Å². The lowest BCUT2D eigenvalue weighted by Gasteiger charge is -2.51. The van der Waals surface area contributed by atoms with Crippen molar-refractivity contribution in [1.29, 1.82) is 0 Å². The van der Waals surface area contributed by atoms with Gasteiger partial charge in [-0.1, -0.05) is 42.5 Å². The molecular weight excluding hydrogens is 462 g/mol. The summed E-state index contributed by atoms with van der Waals surface area (Å²) in [5.74, 6) is -6.31. The summed E-state index contributed by atoms with van der Waals surface area (Å²) >= 11 is 0. The number of likely N-dealkylation sites (N-methyl/N-ethyl adjacent to an activating group) is 1. The number of carbonyl (C=O) groups is 3. The highest BCUT2D eigenvalue weighted by Crippen LogP contribution is 2.56. The van der Waals surface area contributed by atoms with E-state index < -0.39 is 63.8 Å². The van der Waals surface area contributed by atoms with Crippen molar-refractivity contribution in [2.75, 3.05) is 14.1 Å². The predicted molar refractivity (Wildman–Crippen MR) is 130 cm³/mol. The van der Waals surface area contributed by atoms with Crippen molar-refractivity contribution in [1.82, 2.24) is 4.90 Å². The van der Waals surface area contributed by atoms with Crippen molar-refractivity contribution in [2.24, 2.45) is 11.8 Å². The second-order valence-electron chi connectivity index (χ2n) is 9.99. The molecule has 0 fully saturated rings. The van der Waals surface area contributed by atoms with Crippen LogP contribution in [0.4, 0.5) is 0 Å². The Bertz CT molecular complexity index is 1370. The van der Waals surface area contributed by atoms with Crippen LogP contribution in [0.2, 0.25) is 0 Å². The smallest absolute Gasteiger partial charge is 0.209 e. The van der Waals surface area contributed by atoms with Gasteiger partial charge in [-0.3, -0.25) is 19.3 Å². The van der Waals surface area contributed by atoms with Crippen molar-refractivity contribution in [3.63, 3.8) is 0 Å². The van der Waals surface area contributed by atoms with Crippen LogP contribution in [0.3, 0.4) is 0 Å².